The fourth-order valence-corrected chi connectivity index (χ4v) is 3.31. The summed E-state index contributed by atoms with van der Waals surface area (Å²) < 4.78 is 0. The standard InChI is InChI=1S/C19H20N2O3/c1-12(21-19(23)24)18(22)20-11-10-17-15-8-4-2-6-13(15)14-7-3-5-9-16(14)17/h2-9,12,17,21H,10-11H2,1H3,(H,20,22)(H,23,24)/t12-/m1/s1. The first kappa shape index (κ1) is 16.1. The number of amides is 2. The van der Waals surface area contributed by atoms with Gasteiger partial charge in [-0.25, -0.2) is 4.79 Å². The Kier molecular flexibility index (Phi) is 4.51. The largest absolute Gasteiger partial charge is 0.465 e. The van der Waals surface area contributed by atoms with E-state index in [0.717, 1.165) is 6.42 Å². The molecule has 3 N–H and O–H groups in total. The molecule has 1 atom stereocenters. The molecule has 0 spiro atoms. The fourth-order valence-electron chi connectivity index (χ4n) is 3.31. The van der Waals surface area contributed by atoms with Crippen LogP contribution in [0.5, 0.6) is 0 Å². The maximum Gasteiger partial charge on any atom is 0.405 e. The number of hydrogen-bond donors (Lipinski definition) is 3. The second-order valence-corrected chi connectivity index (χ2v) is 5.98. The van der Waals surface area contributed by atoms with Crippen LogP contribution in [-0.4, -0.2) is 29.7 Å². The molecule has 0 radical (unpaired) electrons. The van der Waals surface area contributed by atoms with Gasteiger partial charge in [0.05, 0.1) is 0 Å². The average molecular weight is 324 g/mol. The number of carbonyl (C=O) groups is 2. The van der Waals surface area contributed by atoms with Crippen molar-refractivity contribution in [2.45, 2.75) is 25.3 Å². The summed E-state index contributed by atoms with van der Waals surface area (Å²) in [7, 11) is 0. The van der Waals surface area contributed by atoms with Crippen LogP contribution in [0.3, 0.4) is 0 Å². The smallest absolute Gasteiger partial charge is 0.405 e. The zero-order chi connectivity index (χ0) is 17.1. The van der Waals surface area contributed by atoms with Crippen molar-refractivity contribution in [3.63, 3.8) is 0 Å². The quantitative estimate of drug-likeness (QED) is 0.791. The van der Waals surface area contributed by atoms with Crippen LogP contribution in [0.15, 0.2) is 48.5 Å². The van der Waals surface area contributed by atoms with Crippen molar-refractivity contribution in [3.05, 3.63) is 59.7 Å². The second kappa shape index (κ2) is 6.74. The van der Waals surface area contributed by atoms with E-state index in [-0.39, 0.29) is 11.8 Å². The molecule has 2 amide bonds. The lowest BCUT2D eigenvalue weighted by Gasteiger charge is -2.16. The maximum atomic E-state index is 11.9. The van der Waals surface area contributed by atoms with Gasteiger partial charge >= 0.3 is 6.09 Å². The second-order valence-electron chi connectivity index (χ2n) is 5.98. The normalized spacial score (nSPS) is 13.7. The Labute approximate surface area is 140 Å². The minimum atomic E-state index is -1.20. The van der Waals surface area contributed by atoms with Gasteiger partial charge in [-0.15, -0.1) is 0 Å². The van der Waals surface area contributed by atoms with Crippen LogP contribution in [0.1, 0.15) is 30.4 Å². The summed E-state index contributed by atoms with van der Waals surface area (Å²) in [4.78, 5) is 22.5. The minimum Gasteiger partial charge on any atom is -0.465 e. The van der Waals surface area contributed by atoms with Gasteiger partial charge in [0.15, 0.2) is 0 Å². The van der Waals surface area contributed by atoms with Gasteiger partial charge < -0.3 is 15.7 Å². The van der Waals surface area contributed by atoms with Gasteiger partial charge in [-0.3, -0.25) is 4.79 Å². The number of nitrogens with one attached hydrogen (secondary N) is 2. The Morgan fingerprint density at radius 1 is 1.04 bits per heavy atom. The Bertz CT molecular complexity index is 727. The zero-order valence-electron chi connectivity index (χ0n) is 13.5. The van der Waals surface area contributed by atoms with E-state index in [2.05, 4.69) is 34.9 Å². The first-order chi connectivity index (χ1) is 11.6. The summed E-state index contributed by atoms with van der Waals surface area (Å²) in [6.07, 6.45) is -0.421. The molecule has 124 valence electrons. The fraction of sp³-hybridized carbons (Fsp3) is 0.263. The van der Waals surface area contributed by atoms with Gasteiger partial charge in [-0.05, 0) is 35.6 Å². The van der Waals surface area contributed by atoms with Gasteiger partial charge in [0.2, 0.25) is 5.91 Å². The molecule has 0 fully saturated rings. The molecule has 0 aliphatic heterocycles. The van der Waals surface area contributed by atoms with Gasteiger partial charge in [-0.1, -0.05) is 48.5 Å². The van der Waals surface area contributed by atoms with Crippen LogP contribution < -0.4 is 10.6 Å². The number of benzene rings is 2. The Morgan fingerprint density at radius 3 is 2.12 bits per heavy atom. The first-order valence-electron chi connectivity index (χ1n) is 8.03. The summed E-state index contributed by atoms with van der Waals surface area (Å²) >= 11 is 0. The lowest BCUT2D eigenvalue weighted by Crippen LogP contribution is -2.44. The monoisotopic (exact) mass is 324 g/mol. The van der Waals surface area contributed by atoms with Crippen molar-refractivity contribution in [1.29, 1.82) is 0 Å². The zero-order valence-corrected chi connectivity index (χ0v) is 13.5. The Balaban J connectivity index is 1.68. The van der Waals surface area contributed by atoms with E-state index in [1.54, 1.807) is 0 Å². The summed E-state index contributed by atoms with van der Waals surface area (Å²) in [6, 6.07) is 15.9. The summed E-state index contributed by atoms with van der Waals surface area (Å²) in [5.41, 5.74) is 5.07. The highest BCUT2D eigenvalue weighted by Crippen LogP contribution is 2.45. The number of hydrogen-bond acceptors (Lipinski definition) is 2. The van der Waals surface area contributed by atoms with Crippen molar-refractivity contribution < 1.29 is 14.7 Å². The lowest BCUT2D eigenvalue weighted by molar-refractivity contribution is -0.122. The highest BCUT2D eigenvalue weighted by atomic mass is 16.4. The number of fused-ring (bicyclic) bond motifs is 3. The van der Waals surface area contributed by atoms with E-state index in [1.165, 1.54) is 29.2 Å². The molecule has 5 nitrogen and oxygen atoms in total. The lowest BCUT2D eigenvalue weighted by atomic mass is 9.93. The summed E-state index contributed by atoms with van der Waals surface area (Å²) in [6.45, 7) is 2.03. The minimum absolute atomic E-state index is 0.250. The third-order valence-electron chi connectivity index (χ3n) is 4.43. The molecule has 2 aromatic rings. The summed E-state index contributed by atoms with van der Waals surface area (Å²) in [5, 5.41) is 13.6. The molecule has 0 saturated carbocycles. The molecule has 5 heteroatoms. The Hall–Kier alpha value is -2.82. The van der Waals surface area contributed by atoms with Gasteiger partial charge in [0, 0.05) is 12.5 Å². The van der Waals surface area contributed by atoms with E-state index in [0.29, 0.717) is 6.54 Å². The first-order valence-corrected chi connectivity index (χ1v) is 8.03. The van der Waals surface area contributed by atoms with E-state index in [1.807, 2.05) is 24.3 Å². The third-order valence-corrected chi connectivity index (χ3v) is 4.43. The van der Waals surface area contributed by atoms with Crippen LogP contribution in [0.25, 0.3) is 11.1 Å². The van der Waals surface area contributed by atoms with Crippen molar-refractivity contribution in [2.24, 2.45) is 0 Å². The van der Waals surface area contributed by atoms with Crippen LogP contribution in [0.2, 0.25) is 0 Å². The molecular weight excluding hydrogens is 304 g/mol. The van der Waals surface area contributed by atoms with Crippen molar-refractivity contribution in [1.82, 2.24) is 10.6 Å². The number of rotatable bonds is 5. The molecule has 0 unspecified atom stereocenters. The molecule has 0 saturated heterocycles. The molecule has 1 aliphatic rings. The van der Waals surface area contributed by atoms with E-state index in [9.17, 15) is 9.59 Å². The SMILES string of the molecule is C[C@@H](NC(=O)O)C(=O)NCCC1c2ccccc2-c2ccccc21. The molecule has 1 aliphatic carbocycles. The van der Waals surface area contributed by atoms with Gasteiger partial charge in [0.25, 0.3) is 0 Å². The van der Waals surface area contributed by atoms with Crippen molar-refractivity contribution in [2.75, 3.05) is 6.54 Å². The van der Waals surface area contributed by atoms with Crippen LogP contribution in [-0.2, 0) is 4.79 Å². The van der Waals surface area contributed by atoms with Crippen molar-refractivity contribution >= 4 is 12.0 Å². The Morgan fingerprint density at radius 2 is 1.58 bits per heavy atom. The predicted octanol–water partition coefficient (Wildman–Crippen LogP) is 2.96. The van der Waals surface area contributed by atoms with Crippen LogP contribution in [0.4, 0.5) is 4.79 Å². The molecule has 0 heterocycles. The van der Waals surface area contributed by atoms with E-state index >= 15 is 0 Å². The topological polar surface area (TPSA) is 78.4 Å². The van der Waals surface area contributed by atoms with Gasteiger partial charge in [0.1, 0.15) is 6.04 Å². The van der Waals surface area contributed by atoms with Crippen LogP contribution >= 0.6 is 0 Å². The van der Waals surface area contributed by atoms with Crippen molar-refractivity contribution in [3.8, 4) is 11.1 Å². The van der Waals surface area contributed by atoms with Gasteiger partial charge in [-0.2, -0.15) is 0 Å². The number of carbonyl (C=O) groups excluding carboxylic acids is 1. The highest BCUT2D eigenvalue weighted by molar-refractivity contribution is 5.84. The molecule has 0 bridgehead atoms. The molecule has 2 aromatic carbocycles. The third kappa shape index (κ3) is 3.11. The van der Waals surface area contributed by atoms with Crippen LogP contribution in [0, 0.1) is 0 Å². The predicted molar refractivity (Wildman–Crippen MR) is 92.0 cm³/mol. The average Bonchev–Trinajstić information content (AvgIpc) is 2.89. The molecule has 0 aromatic heterocycles. The highest BCUT2D eigenvalue weighted by Gasteiger charge is 2.27. The van der Waals surface area contributed by atoms with E-state index < -0.39 is 12.1 Å². The molecule has 3 rings (SSSR count). The van der Waals surface area contributed by atoms with E-state index in [4.69, 9.17) is 5.11 Å². The number of carboxylic acid groups (broad SMARTS) is 1. The molecular formula is C19H20N2O3. The summed E-state index contributed by atoms with van der Waals surface area (Å²) in [5.74, 6) is -0.0580. The maximum absolute atomic E-state index is 11.9. The molecule has 24 heavy (non-hydrogen) atoms.